The van der Waals surface area contributed by atoms with E-state index in [-0.39, 0.29) is 5.82 Å². The van der Waals surface area contributed by atoms with Crippen molar-refractivity contribution in [1.82, 2.24) is 5.32 Å². The van der Waals surface area contributed by atoms with Crippen LogP contribution in [0.15, 0.2) is 22.7 Å². The molecule has 0 amide bonds. The first-order valence-corrected chi connectivity index (χ1v) is 7.07. The second-order valence-corrected chi connectivity index (χ2v) is 5.89. The highest BCUT2D eigenvalue weighted by Crippen LogP contribution is 2.18. The third-order valence-corrected chi connectivity index (χ3v) is 3.59. The summed E-state index contributed by atoms with van der Waals surface area (Å²) >= 11 is 3.34. The van der Waals surface area contributed by atoms with E-state index in [1.807, 2.05) is 13.8 Å². The summed E-state index contributed by atoms with van der Waals surface area (Å²) in [5.74, 6) is -1.16. The van der Waals surface area contributed by atoms with Gasteiger partial charge >= 0.3 is 5.97 Å². The molecular weight excluding hydrogens is 313 g/mol. The van der Waals surface area contributed by atoms with Gasteiger partial charge in [0.05, 0.1) is 5.92 Å². The average molecular weight is 332 g/mol. The fraction of sp³-hybridized carbons (Fsp3) is 0.500. The van der Waals surface area contributed by atoms with Gasteiger partial charge in [0.2, 0.25) is 0 Å². The molecule has 1 aromatic carbocycles. The molecule has 0 aliphatic heterocycles. The SMILES string of the molecule is CC(C)CC(CNCc1cc(F)ccc1Br)C(=O)O. The van der Waals surface area contributed by atoms with Gasteiger partial charge in [0.1, 0.15) is 5.82 Å². The summed E-state index contributed by atoms with van der Waals surface area (Å²) in [6.45, 7) is 4.83. The molecule has 2 N–H and O–H groups in total. The molecule has 0 aliphatic rings. The summed E-state index contributed by atoms with van der Waals surface area (Å²) < 4.78 is 13.9. The lowest BCUT2D eigenvalue weighted by atomic mass is 9.97. The van der Waals surface area contributed by atoms with E-state index in [4.69, 9.17) is 5.11 Å². The van der Waals surface area contributed by atoms with Gasteiger partial charge < -0.3 is 10.4 Å². The number of carbonyl (C=O) groups is 1. The van der Waals surface area contributed by atoms with Crippen LogP contribution in [0.5, 0.6) is 0 Å². The van der Waals surface area contributed by atoms with Gasteiger partial charge in [-0.2, -0.15) is 0 Å². The lowest BCUT2D eigenvalue weighted by Gasteiger charge is -2.15. The second-order valence-electron chi connectivity index (χ2n) is 5.03. The summed E-state index contributed by atoms with van der Waals surface area (Å²) in [4.78, 5) is 11.1. The minimum atomic E-state index is -0.792. The molecule has 0 saturated carbocycles. The van der Waals surface area contributed by atoms with E-state index in [0.717, 1.165) is 10.0 Å². The standard InChI is InChI=1S/C14H19BrFNO2/c1-9(2)5-11(14(18)19)8-17-7-10-6-12(16)3-4-13(10)15/h3-4,6,9,11,17H,5,7-8H2,1-2H3,(H,18,19). The summed E-state index contributed by atoms with van der Waals surface area (Å²) in [5.41, 5.74) is 0.786. The largest absolute Gasteiger partial charge is 0.481 e. The summed E-state index contributed by atoms with van der Waals surface area (Å²) in [6.07, 6.45) is 0.632. The first kappa shape index (κ1) is 16.1. The van der Waals surface area contributed by atoms with Crippen LogP contribution in [0.2, 0.25) is 0 Å². The molecule has 0 aliphatic carbocycles. The number of carboxylic acids is 1. The highest BCUT2D eigenvalue weighted by Gasteiger charge is 2.18. The van der Waals surface area contributed by atoms with Gasteiger partial charge in [0.15, 0.2) is 0 Å². The highest BCUT2D eigenvalue weighted by molar-refractivity contribution is 9.10. The van der Waals surface area contributed by atoms with Crippen LogP contribution >= 0.6 is 15.9 Å². The van der Waals surface area contributed by atoms with Crippen molar-refractivity contribution in [3.8, 4) is 0 Å². The Balaban J connectivity index is 2.52. The Labute approximate surface area is 121 Å². The van der Waals surface area contributed by atoms with Crippen LogP contribution in [0, 0.1) is 17.7 Å². The Morgan fingerprint density at radius 2 is 2.16 bits per heavy atom. The monoisotopic (exact) mass is 331 g/mol. The Hall–Kier alpha value is -0.940. The minimum absolute atomic E-state index is 0.294. The molecule has 0 aromatic heterocycles. The molecule has 0 radical (unpaired) electrons. The zero-order valence-electron chi connectivity index (χ0n) is 11.1. The summed E-state index contributed by atoms with van der Waals surface area (Å²) in [6, 6.07) is 4.47. The topological polar surface area (TPSA) is 49.3 Å². The van der Waals surface area contributed by atoms with Crippen LogP contribution in [0.4, 0.5) is 4.39 Å². The van der Waals surface area contributed by atoms with Gasteiger partial charge in [-0.05, 0) is 36.1 Å². The van der Waals surface area contributed by atoms with E-state index in [2.05, 4.69) is 21.2 Å². The van der Waals surface area contributed by atoms with Crippen LogP contribution in [-0.4, -0.2) is 17.6 Å². The molecule has 1 atom stereocenters. The molecule has 1 unspecified atom stereocenters. The van der Waals surface area contributed by atoms with Gasteiger partial charge in [-0.15, -0.1) is 0 Å². The zero-order valence-corrected chi connectivity index (χ0v) is 12.7. The van der Waals surface area contributed by atoms with Crippen molar-refractivity contribution in [1.29, 1.82) is 0 Å². The molecule has 0 heterocycles. The average Bonchev–Trinajstić information content (AvgIpc) is 2.31. The maximum atomic E-state index is 13.1. The number of halogens is 2. The molecule has 19 heavy (non-hydrogen) atoms. The molecule has 0 bridgehead atoms. The molecule has 5 heteroatoms. The van der Waals surface area contributed by atoms with Crippen LogP contribution in [0.3, 0.4) is 0 Å². The molecule has 1 rings (SSSR count). The Morgan fingerprint density at radius 3 is 2.74 bits per heavy atom. The normalized spacial score (nSPS) is 12.7. The van der Waals surface area contributed by atoms with Crippen molar-refractivity contribution >= 4 is 21.9 Å². The Morgan fingerprint density at radius 1 is 1.47 bits per heavy atom. The van der Waals surface area contributed by atoms with Gasteiger partial charge in [-0.3, -0.25) is 4.79 Å². The summed E-state index contributed by atoms with van der Waals surface area (Å²) in [7, 11) is 0. The first-order valence-electron chi connectivity index (χ1n) is 6.27. The second kappa shape index (κ2) is 7.60. The van der Waals surface area contributed by atoms with Crippen LogP contribution < -0.4 is 5.32 Å². The van der Waals surface area contributed by atoms with E-state index in [1.54, 1.807) is 6.07 Å². The van der Waals surface area contributed by atoms with E-state index in [1.165, 1.54) is 12.1 Å². The van der Waals surface area contributed by atoms with Gasteiger partial charge in [0.25, 0.3) is 0 Å². The first-order chi connectivity index (χ1) is 8.90. The molecule has 0 saturated heterocycles. The highest BCUT2D eigenvalue weighted by atomic mass is 79.9. The third kappa shape index (κ3) is 5.70. The number of benzene rings is 1. The number of aliphatic carboxylic acids is 1. The van der Waals surface area contributed by atoms with E-state index < -0.39 is 11.9 Å². The number of carboxylic acid groups (broad SMARTS) is 1. The number of nitrogens with one attached hydrogen (secondary N) is 1. The number of hydrogen-bond acceptors (Lipinski definition) is 2. The smallest absolute Gasteiger partial charge is 0.307 e. The molecule has 0 spiro atoms. The fourth-order valence-electron chi connectivity index (χ4n) is 1.90. The molecule has 106 valence electrons. The molecular formula is C14H19BrFNO2. The van der Waals surface area contributed by atoms with E-state index >= 15 is 0 Å². The van der Waals surface area contributed by atoms with Crippen molar-refractivity contribution in [2.45, 2.75) is 26.8 Å². The zero-order chi connectivity index (χ0) is 14.4. The lowest BCUT2D eigenvalue weighted by Crippen LogP contribution is -2.29. The van der Waals surface area contributed by atoms with Gasteiger partial charge in [0, 0.05) is 17.6 Å². The third-order valence-electron chi connectivity index (χ3n) is 2.82. The maximum absolute atomic E-state index is 13.1. The Bertz CT molecular complexity index is 437. The van der Waals surface area contributed by atoms with Crippen molar-refractivity contribution in [2.75, 3.05) is 6.54 Å². The van der Waals surface area contributed by atoms with Gasteiger partial charge in [-0.1, -0.05) is 29.8 Å². The molecule has 0 fully saturated rings. The predicted molar refractivity (Wildman–Crippen MR) is 76.4 cm³/mol. The quantitative estimate of drug-likeness (QED) is 0.804. The Kier molecular flexibility index (Phi) is 6.45. The maximum Gasteiger partial charge on any atom is 0.307 e. The lowest BCUT2D eigenvalue weighted by molar-refractivity contribution is -0.142. The van der Waals surface area contributed by atoms with Crippen molar-refractivity contribution in [3.05, 3.63) is 34.1 Å². The van der Waals surface area contributed by atoms with Crippen LogP contribution in [0.1, 0.15) is 25.8 Å². The number of rotatable bonds is 7. The molecule has 3 nitrogen and oxygen atoms in total. The fourth-order valence-corrected chi connectivity index (χ4v) is 2.29. The van der Waals surface area contributed by atoms with Gasteiger partial charge in [-0.25, -0.2) is 4.39 Å². The van der Waals surface area contributed by atoms with E-state index in [0.29, 0.717) is 25.4 Å². The predicted octanol–water partition coefficient (Wildman–Crippen LogP) is 3.42. The van der Waals surface area contributed by atoms with Crippen molar-refractivity contribution in [3.63, 3.8) is 0 Å². The minimum Gasteiger partial charge on any atom is -0.481 e. The van der Waals surface area contributed by atoms with Crippen LogP contribution in [0.25, 0.3) is 0 Å². The van der Waals surface area contributed by atoms with Crippen molar-refractivity contribution in [2.24, 2.45) is 11.8 Å². The summed E-state index contributed by atoms with van der Waals surface area (Å²) in [5, 5.41) is 12.2. The number of hydrogen-bond donors (Lipinski definition) is 2. The van der Waals surface area contributed by atoms with Crippen LogP contribution in [-0.2, 0) is 11.3 Å². The van der Waals surface area contributed by atoms with E-state index in [9.17, 15) is 9.18 Å². The molecule has 1 aromatic rings. The van der Waals surface area contributed by atoms with Crippen molar-refractivity contribution < 1.29 is 14.3 Å².